The van der Waals surface area contributed by atoms with Crippen LogP contribution >= 0.6 is 0 Å². The highest BCUT2D eigenvalue weighted by Crippen LogP contribution is 2.31. The van der Waals surface area contributed by atoms with Gasteiger partial charge in [-0.05, 0) is 88.4 Å². The number of fused-ring (bicyclic) bond motifs is 1. The standard InChI is InChI=1S/C22H26FN5.C7H12/c1-13-9-17(19-10-14(2)22-20(26-19)12-28(4)27-22)11-18(23)21(13)25-15(3)16-5-7-24-8-6-16;1-3-5-7-6-4-2/h9-12,16,24H,5-8H2,1-4H3;3-5H2,1-2H3. The van der Waals surface area contributed by atoms with Gasteiger partial charge in [0.2, 0.25) is 0 Å². The van der Waals surface area contributed by atoms with Crippen molar-refractivity contribution < 1.29 is 4.39 Å². The summed E-state index contributed by atoms with van der Waals surface area (Å²) in [6.45, 7) is 12.2. The molecule has 35 heavy (non-hydrogen) atoms. The maximum atomic E-state index is 15.0. The molecule has 0 amide bonds. The number of unbranched alkanes of at least 4 members (excludes halogenated alkanes) is 1. The number of hydrogen-bond donors (Lipinski definition) is 1. The van der Waals surface area contributed by atoms with Crippen LogP contribution in [0, 0.1) is 37.4 Å². The molecule has 1 saturated heterocycles. The lowest BCUT2D eigenvalue weighted by Crippen LogP contribution is -2.30. The molecule has 0 radical (unpaired) electrons. The Bertz CT molecular complexity index is 1220. The van der Waals surface area contributed by atoms with Gasteiger partial charge in [0.25, 0.3) is 0 Å². The van der Waals surface area contributed by atoms with Crippen LogP contribution in [0.25, 0.3) is 22.3 Å². The van der Waals surface area contributed by atoms with E-state index in [1.165, 1.54) is 6.42 Å². The number of aromatic nitrogens is 3. The van der Waals surface area contributed by atoms with Crippen LogP contribution in [0.4, 0.5) is 10.1 Å². The van der Waals surface area contributed by atoms with Gasteiger partial charge in [0.1, 0.15) is 22.5 Å². The van der Waals surface area contributed by atoms with E-state index in [2.05, 4.69) is 46.1 Å². The first kappa shape index (κ1) is 26.6. The third-order valence-corrected chi connectivity index (χ3v) is 6.22. The number of halogens is 1. The van der Waals surface area contributed by atoms with Crippen LogP contribution in [0.3, 0.4) is 0 Å². The number of aliphatic imine (C=N–C) groups is 1. The smallest absolute Gasteiger partial charge is 0.149 e. The fourth-order valence-corrected chi connectivity index (χ4v) is 4.29. The molecule has 0 aliphatic carbocycles. The molecule has 0 atom stereocenters. The Labute approximate surface area is 209 Å². The van der Waals surface area contributed by atoms with Gasteiger partial charge in [-0.25, -0.2) is 9.37 Å². The number of rotatable bonds is 4. The third-order valence-electron chi connectivity index (χ3n) is 6.22. The zero-order valence-electron chi connectivity index (χ0n) is 22.0. The van der Waals surface area contributed by atoms with Crippen molar-refractivity contribution in [3.8, 4) is 23.1 Å². The van der Waals surface area contributed by atoms with Gasteiger partial charge < -0.3 is 5.32 Å². The largest absolute Gasteiger partial charge is 0.317 e. The SMILES string of the molecule is CC(=Nc1c(C)cc(-c2cc(C)c3nn(C)cc3n2)cc1F)C1CCNCC1.CCC#CCCC. The zero-order chi connectivity index (χ0) is 25.4. The van der Waals surface area contributed by atoms with E-state index in [0.29, 0.717) is 11.6 Å². The second kappa shape index (κ2) is 12.6. The lowest BCUT2D eigenvalue weighted by atomic mass is 9.93. The Balaban J connectivity index is 0.000000429. The molecule has 186 valence electrons. The van der Waals surface area contributed by atoms with Crippen molar-refractivity contribution in [2.45, 2.75) is 66.7 Å². The first-order chi connectivity index (χ1) is 16.8. The van der Waals surface area contributed by atoms with Crippen molar-refractivity contribution in [2.75, 3.05) is 13.1 Å². The summed E-state index contributed by atoms with van der Waals surface area (Å²) in [5.74, 6) is 6.16. The fraction of sp³-hybridized carbons (Fsp3) is 0.483. The molecule has 1 aromatic carbocycles. The highest BCUT2D eigenvalue weighted by molar-refractivity contribution is 5.88. The molecule has 0 spiro atoms. The topological polar surface area (TPSA) is 55.1 Å². The molecule has 0 bridgehead atoms. The molecule has 5 nitrogen and oxygen atoms in total. The molecule has 3 heterocycles. The van der Waals surface area contributed by atoms with Crippen LogP contribution in [0.2, 0.25) is 0 Å². The second-order valence-electron chi connectivity index (χ2n) is 9.22. The van der Waals surface area contributed by atoms with Crippen LogP contribution < -0.4 is 5.32 Å². The van der Waals surface area contributed by atoms with Crippen LogP contribution in [0.15, 0.2) is 29.4 Å². The van der Waals surface area contributed by atoms with Crippen molar-refractivity contribution in [1.29, 1.82) is 0 Å². The van der Waals surface area contributed by atoms with Gasteiger partial charge in [-0.2, -0.15) is 5.10 Å². The Morgan fingerprint density at radius 2 is 1.89 bits per heavy atom. The Kier molecular flexibility index (Phi) is 9.56. The fourth-order valence-electron chi connectivity index (χ4n) is 4.29. The second-order valence-corrected chi connectivity index (χ2v) is 9.22. The predicted molar refractivity (Wildman–Crippen MR) is 145 cm³/mol. The van der Waals surface area contributed by atoms with E-state index in [-0.39, 0.29) is 5.82 Å². The van der Waals surface area contributed by atoms with E-state index in [1.807, 2.05) is 46.1 Å². The first-order valence-electron chi connectivity index (χ1n) is 12.7. The predicted octanol–water partition coefficient (Wildman–Crippen LogP) is 6.68. The minimum absolute atomic E-state index is 0.297. The lowest BCUT2D eigenvalue weighted by Gasteiger charge is -2.22. The van der Waals surface area contributed by atoms with Crippen molar-refractivity contribution in [3.05, 3.63) is 41.3 Å². The van der Waals surface area contributed by atoms with Crippen molar-refractivity contribution in [1.82, 2.24) is 20.1 Å². The average Bonchev–Trinajstić information content (AvgIpc) is 3.23. The van der Waals surface area contributed by atoms with E-state index in [1.54, 1.807) is 10.7 Å². The van der Waals surface area contributed by atoms with Crippen LogP contribution in [0.5, 0.6) is 0 Å². The van der Waals surface area contributed by atoms with Gasteiger partial charge in [0.15, 0.2) is 0 Å². The molecule has 1 aliphatic rings. The zero-order valence-corrected chi connectivity index (χ0v) is 22.0. The quantitative estimate of drug-likeness (QED) is 0.338. The number of pyridine rings is 1. The number of aryl methyl sites for hydroxylation is 3. The average molecular weight is 476 g/mol. The van der Waals surface area contributed by atoms with E-state index in [9.17, 15) is 4.39 Å². The van der Waals surface area contributed by atoms with E-state index < -0.39 is 0 Å². The maximum Gasteiger partial charge on any atom is 0.149 e. The number of nitrogens with zero attached hydrogens (tertiary/aromatic N) is 4. The lowest BCUT2D eigenvalue weighted by molar-refractivity contribution is 0.455. The molecule has 6 heteroatoms. The Morgan fingerprint density at radius 1 is 1.14 bits per heavy atom. The van der Waals surface area contributed by atoms with Crippen molar-refractivity contribution in [3.63, 3.8) is 0 Å². The highest BCUT2D eigenvalue weighted by atomic mass is 19.1. The molecule has 3 aromatic rings. The summed E-state index contributed by atoms with van der Waals surface area (Å²) in [5, 5.41) is 7.79. The van der Waals surface area contributed by atoms with E-state index >= 15 is 0 Å². The molecule has 0 saturated carbocycles. The summed E-state index contributed by atoms with van der Waals surface area (Å²) < 4.78 is 16.7. The Hall–Kier alpha value is -3.04. The normalized spacial score (nSPS) is 14.3. The van der Waals surface area contributed by atoms with Gasteiger partial charge in [0.05, 0.1) is 11.9 Å². The van der Waals surface area contributed by atoms with Gasteiger partial charge in [-0.1, -0.05) is 13.8 Å². The number of hydrogen-bond acceptors (Lipinski definition) is 4. The molecule has 4 rings (SSSR count). The van der Waals surface area contributed by atoms with E-state index in [0.717, 1.165) is 77.9 Å². The monoisotopic (exact) mass is 475 g/mol. The molecule has 0 unspecified atom stereocenters. The summed E-state index contributed by atoms with van der Waals surface area (Å²) in [4.78, 5) is 9.35. The van der Waals surface area contributed by atoms with Gasteiger partial charge in [-0.15, -0.1) is 11.8 Å². The minimum atomic E-state index is -0.297. The number of nitrogens with one attached hydrogen (secondary N) is 1. The van der Waals surface area contributed by atoms with Crippen molar-refractivity contribution >= 4 is 22.4 Å². The van der Waals surface area contributed by atoms with Gasteiger partial charge in [0, 0.05) is 31.2 Å². The van der Waals surface area contributed by atoms with Gasteiger partial charge >= 0.3 is 0 Å². The maximum absolute atomic E-state index is 15.0. The molecular weight excluding hydrogens is 437 g/mol. The first-order valence-corrected chi connectivity index (χ1v) is 12.7. The summed E-state index contributed by atoms with van der Waals surface area (Å²) in [6, 6.07) is 5.49. The molecular formula is C29H38FN5. The van der Waals surface area contributed by atoms with Crippen LogP contribution in [-0.4, -0.2) is 33.6 Å². The van der Waals surface area contributed by atoms with E-state index in [4.69, 9.17) is 0 Å². The molecule has 2 aromatic heterocycles. The molecule has 1 fully saturated rings. The van der Waals surface area contributed by atoms with Crippen LogP contribution in [0.1, 0.15) is 64.0 Å². The summed E-state index contributed by atoms with van der Waals surface area (Å²) >= 11 is 0. The minimum Gasteiger partial charge on any atom is -0.317 e. The summed E-state index contributed by atoms with van der Waals surface area (Å²) in [7, 11) is 1.88. The Morgan fingerprint density at radius 3 is 2.54 bits per heavy atom. The number of benzene rings is 1. The summed E-state index contributed by atoms with van der Waals surface area (Å²) in [6.07, 6.45) is 7.25. The van der Waals surface area contributed by atoms with Crippen LogP contribution in [-0.2, 0) is 7.05 Å². The molecule has 1 N–H and O–H groups in total. The van der Waals surface area contributed by atoms with Gasteiger partial charge in [-0.3, -0.25) is 9.67 Å². The summed E-state index contributed by atoms with van der Waals surface area (Å²) in [5.41, 5.74) is 6.53. The third kappa shape index (κ3) is 6.99. The van der Waals surface area contributed by atoms with Crippen molar-refractivity contribution in [2.24, 2.45) is 18.0 Å². The molecule has 1 aliphatic heterocycles. The highest BCUT2D eigenvalue weighted by Gasteiger charge is 2.18. The number of piperidine rings is 1.